The van der Waals surface area contributed by atoms with Crippen molar-refractivity contribution in [3.8, 4) is 0 Å². The van der Waals surface area contributed by atoms with E-state index in [2.05, 4.69) is 27.8 Å². The van der Waals surface area contributed by atoms with Crippen LogP contribution in [-0.2, 0) is 24.2 Å². The summed E-state index contributed by atoms with van der Waals surface area (Å²) in [5, 5.41) is 0. The maximum Gasteiger partial charge on any atom is 0.410 e. The molecule has 23 heavy (non-hydrogen) atoms. The molecule has 0 fully saturated rings. The van der Waals surface area contributed by atoms with Crippen LogP contribution >= 0.6 is 0 Å². The first-order valence-electron chi connectivity index (χ1n) is 7.95. The minimum absolute atomic E-state index is 0.231. The minimum Gasteiger partial charge on any atom is -0.444 e. The molecule has 0 saturated carbocycles. The number of hydrogen-bond acceptors (Lipinski definition) is 3. The third-order valence-electron chi connectivity index (χ3n) is 3.86. The molecule has 3 rings (SSSR count). The molecule has 1 aliphatic rings. The van der Waals surface area contributed by atoms with E-state index in [0.29, 0.717) is 13.1 Å². The average molecular weight is 313 g/mol. The molecule has 2 aromatic rings. The van der Waals surface area contributed by atoms with Gasteiger partial charge in [0.25, 0.3) is 0 Å². The SMILES string of the molecule is CC(C)(C)OC(=O)N1CCc2cc(Cn3ccnc3)ccc2C1. The Hall–Kier alpha value is -2.30. The van der Waals surface area contributed by atoms with Gasteiger partial charge in [-0.1, -0.05) is 18.2 Å². The van der Waals surface area contributed by atoms with Crippen molar-refractivity contribution in [1.29, 1.82) is 0 Å². The van der Waals surface area contributed by atoms with Gasteiger partial charge in [0, 0.05) is 32.0 Å². The highest BCUT2D eigenvalue weighted by Gasteiger charge is 2.25. The Labute approximate surface area is 136 Å². The van der Waals surface area contributed by atoms with Gasteiger partial charge in [0.05, 0.1) is 6.33 Å². The van der Waals surface area contributed by atoms with Crippen molar-refractivity contribution in [2.75, 3.05) is 6.54 Å². The quantitative estimate of drug-likeness (QED) is 0.855. The molecule has 0 radical (unpaired) electrons. The van der Waals surface area contributed by atoms with E-state index < -0.39 is 5.60 Å². The molecule has 1 amide bonds. The number of nitrogens with zero attached hydrogens (tertiary/aromatic N) is 3. The molecular weight excluding hydrogens is 290 g/mol. The maximum absolute atomic E-state index is 12.2. The number of imidazole rings is 1. The van der Waals surface area contributed by atoms with Crippen LogP contribution in [0.25, 0.3) is 0 Å². The Bertz CT molecular complexity index is 687. The third-order valence-corrected chi connectivity index (χ3v) is 3.86. The first kappa shape index (κ1) is 15.6. The van der Waals surface area contributed by atoms with E-state index in [4.69, 9.17) is 4.74 Å². The molecule has 0 saturated heterocycles. The van der Waals surface area contributed by atoms with Gasteiger partial charge in [-0.05, 0) is 43.9 Å². The number of ether oxygens (including phenoxy) is 1. The molecule has 0 aliphatic carbocycles. The van der Waals surface area contributed by atoms with Crippen LogP contribution in [-0.4, -0.2) is 32.7 Å². The fourth-order valence-electron chi connectivity index (χ4n) is 2.78. The Morgan fingerprint density at radius 3 is 2.83 bits per heavy atom. The topological polar surface area (TPSA) is 47.4 Å². The molecule has 0 bridgehead atoms. The number of rotatable bonds is 2. The summed E-state index contributed by atoms with van der Waals surface area (Å²) in [6.45, 7) is 7.83. The van der Waals surface area contributed by atoms with Crippen LogP contribution < -0.4 is 0 Å². The highest BCUT2D eigenvalue weighted by molar-refractivity contribution is 5.68. The van der Waals surface area contributed by atoms with Gasteiger partial charge in [0.15, 0.2) is 0 Å². The van der Waals surface area contributed by atoms with Crippen molar-refractivity contribution in [3.05, 3.63) is 53.6 Å². The van der Waals surface area contributed by atoms with Crippen LogP contribution in [0.1, 0.15) is 37.5 Å². The molecule has 1 aliphatic heterocycles. The van der Waals surface area contributed by atoms with Gasteiger partial charge in [-0.15, -0.1) is 0 Å². The molecule has 5 nitrogen and oxygen atoms in total. The average Bonchev–Trinajstić information content (AvgIpc) is 2.98. The van der Waals surface area contributed by atoms with Crippen molar-refractivity contribution in [3.63, 3.8) is 0 Å². The molecule has 122 valence electrons. The van der Waals surface area contributed by atoms with Gasteiger partial charge in [-0.25, -0.2) is 9.78 Å². The van der Waals surface area contributed by atoms with E-state index in [-0.39, 0.29) is 6.09 Å². The number of carbonyl (C=O) groups is 1. The summed E-state index contributed by atoms with van der Waals surface area (Å²) >= 11 is 0. The van der Waals surface area contributed by atoms with E-state index in [1.807, 2.05) is 33.3 Å². The smallest absolute Gasteiger partial charge is 0.410 e. The maximum atomic E-state index is 12.2. The number of benzene rings is 1. The molecular formula is C18H23N3O2. The number of fused-ring (bicyclic) bond motifs is 1. The van der Waals surface area contributed by atoms with E-state index in [0.717, 1.165) is 13.0 Å². The fraction of sp³-hybridized carbons (Fsp3) is 0.444. The summed E-state index contributed by atoms with van der Waals surface area (Å²) in [6, 6.07) is 6.48. The third kappa shape index (κ3) is 3.92. The Morgan fingerprint density at radius 2 is 2.13 bits per heavy atom. The summed E-state index contributed by atoms with van der Waals surface area (Å²) < 4.78 is 7.52. The molecule has 1 aromatic carbocycles. The van der Waals surface area contributed by atoms with Crippen LogP contribution in [0.15, 0.2) is 36.9 Å². The molecule has 0 N–H and O–H groups in total. The fourth-order valence-corrected chi connectivity index (χ4v) is 2.78. The van der Waals surface area contributed by atoms with Gasteiger partial charge < -0.3 is 14.2 Å². The highest BCUT2D eigenvalue weighted by Crippen LogP contribution is 2.22. The summed E-state index contributed by atoms with van der Waals surface area (Å²) in [5.41, 5.74) is 3.33. The summed E-state index contributed by atoms with van der Waals surface area (Å²) in [4.78, 5) is 18.0. The molecule has 0 spiro atoms. The van der Waals surface area contributed by atoms with Gasteiger partial charge in [-0.2, -0.15) is 0 Å². The lowest BCUT2D eigenvalue weighted by Crippen LogP contribution is -2.39. The van der Waals surface area contributed by atoms with Gasteiger partial charge in [0.1, 0.15) is 5.60 Å². The summed E-state index contributed by atoms with van der Waals surface area (Å²) in [7, 11) is 0. The minimum atomic E-state index is -0.452. The van der Waals surface area contributed by atoms with Crippen LogP contribution in [0.5, 0.6) is 0 Å². The zero-order valence-electron chi connectivity index (χ0n) is 14.0. The van der Waals surface area contributed by atoms with Crippen molar-refractivity contribution in [1.82, 2.24) is 14.5 Å². The largest absolute Gasteiger partial charge is 0.444 e. The second-order valence-corrected chi connectivity index (χ2v) is 6.99. The Morgan fingerprint density at radius 1 is 1.30 bits per heavy atom. The van der Waals surface area contributed by atoms with E-state index in [1.54, 1.807) is 11.1 Å². The standard InChI is InChI=1S/C18H23N3O2/c1-18(2,3)23-17(22)21-8-6-15-10-14(4-5-16(15)12-21)11-20-9-7-19-13-20/h4-5,7,9-10,13H,6,8,11-12H2,1-3H3. The van der Waals surface area contributed by atoms with Gasteiger partial charge >= 0.3 is 6.09 Å². The zero-order chi connectivity index (χ0) is 16.4. The van der Waals surface area contributed by atoms with E-state index >= 15 is 0 Å². The van der Waals surface area contributed by atoms with Crippen molar-refractivity contribution >= 4 is 6.09 Å². The Kier molecular flexibility index (Phi) is 4.11. The molecule has 1 aromatic heterocycles. The molecule has 0 unspecified atom stereocenters. The molecule has 0 atom stereocenters. The summed E-state index contributed by atoms with van der Waals surface area (Å²) in [5.74, 6) is 0. The van der Waals surface area contributed by atoms with Crippen LogP contribution in [0, 0.1) is 0 Å². The van der Waals surface area contributed by atoms with Crippen molar-refractivity contribution in [2.24, 2.45) is 0 Å². The second-order valence-electron chi connectivity index (χ2n) is 6.99. The monoisotopic (exact) mass is 313 g/mol. The van der Waals surface area contributed by atoms with E-state index in [1.165, 1.54) is 16.7 Å². The van der Waals surface area contributed by atoms with Gasteiger partial charge in [-0.3, -0.25) is 0 Å². The zero-order valence-corrected chi connectivity index (χ0v) is 14.0. The van der Waals surface area contributed by atoms with Crippen LogP contribution in [0.4, 0.5) is 4.79 Å². The number of aromatic nitrogens is 2. The van der Waals surface area contributed by atoms with Crippen molar-refractivity contribution < 1.29 is 9.53 Å². The predicted molar refractivity (Wildman–Crippen MR) is 88.1 cm³/mol. The van der Waals surface area contributed by atoms with Crippen LogP contribution in [0.2, 0.25) is 0 Å². The lowest BCUT2D eigenvalue weighted by Gasteiger charge is -2.31. The Balaban J connectivity index is 1.69. The van der Waals surface area contributed by atoms with Crippen molar-refractivity contribution in [2.45, 2.75) is 45.9 Å². The normalized spacial score (nSPS) is 14.5. The molecule has 5 heteroatoms. The van der Waals surface area contributed by atoms with Crippen LogP contribution in [0.3, 0.4) is 0 Å². The predicted octanol–water partition coefficient (Wildman–Crippen LogP) is 3.22. The highest BCUT2D eigenvalue weighted by atomic mass is 16.6. The number of hydrogen-bond donors (Lipinski definition) is 0. The lowest BCUT2D eigenvalue weighted by atomic mass is 9.97. The number of carbonyl (C=O) groups excluding carboxylic acids is 1. The first-order valence-corrected chi connectivity index (χ1v) is 7.95. The second kappa shape index (κ2) is 6.07. The van der Waals surface area contributed by atoms with Gasteiger partial charge in [0.2, 0.25) is 0 Å². The lowest BCUT2D eigenvalue weighted by molar-refractivity contribution is 0.0224. The number of amides is 1. The first-order chi connectivity index (χ1) is 10.9. The summed E-state index contributed by atoms with van der Waals surface area (Å²) in [6.07, 6.45) is 6.21. The van der Waals surface area contributed by atoms with E-state index in [9.17, 15) is 4.79 Å². The molecule has 2 heterocycles.